The predicted octanol–water partition coefficient (Wildman–Crippen LogP) is 5.57. The highest BCUT2D eigenvalue weighted by atomic mass is 19.3. The zero-order chi connectivity index (χ0) is 31.6. The summed E-state index contributed by atoms with van der Waals surface area (Å²) in [6, 6.07) is 12.0. The Hall–Kier alpha value is -4.58. The number of nitrogens with one attached hydrogen (secondary N) is 1. The molecule has 0 saturated carbocycles. The molecule has 1 aliphatic rings. The van der Waals surface area contributed by atoms with Crippen molar-refractivity contribution < 1.29 is 37.7 Å². The first kappa shape index (κ1) is 30.9. The molecule has 0 spiro atoms. The summed E-state index contributed by atoms with van der Waals surface area (Å²) in [6.07, 6.45) is -0.322. The van der Waals surface area contributed by atoms with Crippen LogP contribution in [0.15, 0.2) is 42.5 Å². The Balaban J connectivity index is 1.62. The lowest BCUT2D eigenvalue weighted by molar-refractivity contribution is -0.205. The van der Waals surface area contributed by atoms with Crippen LogP contribution in [0, 0.1) is 19.7 Å². The molecule has 0 aliphatic carbocycles. The Labute approximate surface area is 253 Å². The molecule has 44 heavy (non-hydrogen) atoms. The van der Waals surface area contributed by atoms with Crippen molar-refractivity contribution in [3.05, 3.63) is 76.4 Å². The van der Waals surface area contributed by atoms with Crippen molar-refractivity contribution in [3.63, 3.8) is 0 Å². The van der Waals surface area contributed by atoms with Crippen molar-refractivity contribution in [2.75, 3.05) is 19.8 Å². The van der Waals surface area contributed by atoms with Gasteiger partial charge in [0, 0.05) is 33.0 Å². The molecule has 12 heteroatoms. The lowest BCUT2D eigenvalue weighted by Gasteiger charge is -2.28. The number of fused-ring (bicyclic) bond motifs is 2. The minimum Gasteiger partial charge on any atom is -0.492 e. The number of nitrogens with zero attached hydrogens (tertiary/aromatic N) is 3. The van der Waals surface area contributed by atoms with Crippen LogP contribution in [-0.2, 0) is 20.9 Å². The fourth-order valence-electron chi connectivity index (χ4n) is 5.28. The van der Waals surface area contributed by atoms with Gasteiger partial charge in [0.1, 0.15) is 12.4 Å². The Bertz CT molecular complexity index is 1700. The number of para-hydroxylation sites is 1. The molecule has 0 radical (unpaired) electrons. The maximum atomic E-state index is 15.5. The van der Waals surface area contributed by atoms with Crippen LogP contribution in [0.5, 0.6) is 11.5 Å². The molecule has 10 nitrogen and oxygen atoms in total. The van der Waals surface area contributed by atoms with E-state index >= 15 is 4.39 Å². The quantitative estimate of drug-likeness (QED) is 0.246. The van der Waals surface area contributed by atoms with Crippen molar-refractivity contribution in [3.8, 4) is 22.8 Å². The van der Waals surface area contributed by atoms with E-state index in [4.69, 9.17) is 14.2 Å². The molecular weight excluding hydrogens is 574 g/mol. The SMILES string of the molecule is Cc1nc2cc(C(=O)NCCOc3ccccc3)nn2c(-c2cc(F)c3c(c2C)CCCO3)c1[C@H](OC(C)(C)C)C(=O)OF. The number of rotatable bonds is 9. The maximum Gasteiger partial charge on any atom is 0.381 e. The minimum atomic E-state index is -1.58. The zero-order valence-corrected chi connectivity index (χ0v) is 25.2. The van der Waals surface area contributed by atoms with Gasteiger partial charge < -0.3 is 19.5 Å². The third kappa shape index (κ3) is 6.35. The van der Waals surface area contributed by atoms with Gasteiger partial charge in [0.25, 0.3) is 5.91 Å². The Morgan fingerprint density at radius 2 is 1.91 bits per heavy atom. The van der Waals surface area contributed by atoms with Gasteiger partial charge in [-0.25, -0.2) is 18.7 Å². The fraction of sp³-hybridized carbons (Fsp3) is 0.375. The number of hydrogen-bond acceptors (Lipinski definition) is 8. The number of aryl methyl sites for hydroxylation is 1. The second kappa shape index (κ2) is 12.6. The van der Waals surface area contributed by atoms with Crippen LogP contribution < -0.4 is 14.8 Å². The van der Waals surface area contributed by atoms with Crippen molar-refractivity contribution in [2.45, 2.75) is 59.2 Å². The van der Waals surface area contributed by atoms with Gasteiger partial charge in [0.05, 0.1) is 24.4 Å². The summed E-state index contributed by atoms with van der Waals surface area (Å²) < 4.78 is 47.6. The number of carbonyl (C=O) groups is 2. The first-order chi connectivity index (χ1) is 21.0. The van der Waals surface area contributed by atoms with Crippen LogP contribution >= 0.6 is 0 Å². The molecule has 0 fully saturated rings. The second-order valence-electron chi connectivity index (χ2n) is 11.5. The number of benzene rings is 2. The molecule has 5 rings (SSSR count). The van der Waals surface area contributed by atoms with Crippen molar-refractivity contribution >= 4 is 17.5 Å². The summed E-state index contributed by atoms with van der Waals surface area (Å²) in [6.45, 7) is 9.34. The van der Waals surface area contributed by atoms with E-state index in [9.17, 15) is 14.1 Å². The summed E-state index contributed by atoms with van der Waals surface area (Å²) in [5, 5.41) is 7.29. The van der Waals surface area contributed by atoms with Gasteiger partial charge in [0.2, 0.25) is 0 Å². The molecule has 1 amide bonds. The smallest absolute Gasteiger partial charge is 0.381 e. The van der Waals surface area contributed by atoms with E-state index in [2.05, 4.69) is 20.3 Å². The second-order valence-corrected chi connectivity index (χ2v) is 11.5. The van der Waals surface area contributed by atoms with E-state index < -0.39 is 29.4 Å². The molecule has 4 aromatic rings. The first-order valence-electron chi connectivity index (χ1n) is 14.3. The largest absolute Gasteiger partial charge is 0.492 e. The van der Waals surface area contributed by atoms with Crippen LogP contribution in [-0.4, -0.2) is 51.8 Å². The number of hydrogen-bond donors (Lipinski definition) is 1. The molecule has 232 valence electrons. The van der Waals surface area contributed by atoms with Crippen LogP contribution in [0.1, 0.15) is 66.2 Å². The van der Waals surface area contributed by atoms with Crippen LogP contribution in [0.2, 0.25) is 0 Å². The van der Waals surface area contributed by atoms with Gasteiger partial charge >= 0.3 is 5.97 Å². The van der Waals surface area contributed by atoms with Gasteiger partial charge in [-0.05, 0) is 71.2 Å². The Morgan fingerprint density at radius 3 is 2.61 bits per heavy atom. The summed E-state index contributed by atoms with van der Waals surface area (Å²) in [5.74, 6) is -1.56. The number of halogens is 2. The molecule has 2 aromatic carbocycles. The highest BCUT2D eigenvalue weighted by molar-refractivity contribution is 5.93. The van der Waals surface area contributed by atoms with Crippen LogP contribution in [0.25, 0.3) is 16.9 Å². The lowest BCUT2D eigenvalue weighted by atomic mass is 9.91. The molecule has 1 atom stereocenters. The molecule has 1 aliphatic heterocycles. The van der Waals surface area contributed by atoms with Crippen LogP contribution in [0.4, 0.5) is 8.92 Å². The molecular formula is C32H34F2N4O6. The van der Waals surface area contributed by atoms with E-state index in [-0.39, 0.29) is 47.2 Å². The average Bonchev–Trinajstić information content (AvgIpc) is 3.43. The van der Waals surface area contributed by atoms with Gasteiger partial charge in [-0.3, -0.25) is 9.74 Å². The molecule has 3 heterocycles. The monoisotopic (exact) mass is 608 g/mol. The van der Waals surface area contributed by atoms with Crippen LogP contribution in [0.3, 0.4) is 0 Å². The normalized spacial score (nSPS) is 13.6. The molecule has 0 bridgehead atoms. The molecule has 2 aromatic heterocycles. The number of amides is 1. The number of ether oxygens (including phenoxy) is 3. The van der Waals surface area contributed by atoms with E-state index in [0.717, 1.165) is 0 Å². The number of carbonyl (C=O) groups excluding carboxylic acids is 2. The standard InChI is InChI=1S/C32H34F2N4O6/c1-18-21-12-9-14-42-28(21)23(33)16-22(18)27-26(29(31(40)44-34)43-32(3,4)5)19(2)36-25-17-24(37-38(25)27)30(39)35-13-15-41-20-10-7-6-8-11-20/h6-8,10-11,16-17,29H,9,12-15H2,1-5H3,(H,35,39)/t29-/m0/s1. The third-order valence-corrected chi connectivity index (χ3v) is 7.18. The summed E-state index contributed by atoms with van der Waals surface area (Å²) >= 11 is 0. The van der Waals surface area contributed by atoms with E-state index in [1.807, 2.05) is 37.3 Å². The molecule has 0 unspecified atom stereocenters. The van der Waals surface area contributed by atoms with Gasteiger partial charge in [-0.15, -0.1) is 0 Å². The first-order valence-corrected chi connectivity index (χ1v) is 14.3. The maximum absolute atomic E-state index is 15.5. The average molecular weight is 609 g/mol. The lowest BCUT2D eigenvalue weighted by Crippen LogP contribution is -2.29. The number of aromatic nitrogens is 3. The minimum absolute atomic E-state index is 0.0239. The Morgan fingerprint density at radius 1 is 1.16 bits per heavy atom. The van der Waals surface area contributed by atoms with Gasteiger partial charge in [0.15, 0.2) is 29.0 Å². The highest BCUT2D eigenvalue weighted by Gasteiger charge is 2.36. The van der Waals surface area contributed by atoms with E-state index in [1.54, 1.807) is 27.7 Å². The zero-order valence-electron chi connectivity index (χ0n) is 25.2. The summed E-state index contributed by atoms with van der Waals surface area (Å²) in [5.41, 5.74) is 1.69. The predicted molar refractivity (Wildman–Crippen MR) is 157 cm³/mol. The highest BCUT2D eigenvalue weighted by Crippen LogP contribution is 2.41. The molecule has 0 saturated heterocycles. The third-order valence-electron chi connectivity index (χ3n) is 7.18. The molecule has 1 N–H and O–H groups in total. The van der Waals surface area contributed by atoms with E-state index in [1.165, 1.54) is 16.6 Å². The van der Waals surface area contributed by atoms with Crippen molar-refractivity contribution in [2.24, 2.45) is 0 Å². The van der Waals surface area contributed by atoms with E-state index in [0.29, 0.717) is 41.9 Å². The van der Waals surface area contributed by atoms with Crippen molar-refractivity contribution in [1.82, 2.24) is 19.9 Å². The van der Waals surface area contributed by atoms with Crippen molar-refractivity contribution in [1.29, 1.82) is 0 Å². The summed E-state index contributed by atoms with van der Waals surface area (Å²) in [7, 11) is 0. The Kier molecular flexibility index (Phi) is 8.82. The summed E-state index contributed by atoms with van der Waals surface area (Å²) in [4.78, 5) is 34.2. The fourth-order valence-corrected chi connectivity index (χ4v) is 5.28. The van der Waals surface area contributed by atoms with Gasteiger partial charge in [-0.1, -0.05) is 18.2 Å². The topological polar surface area (TPSA) is 113 Å². The van der Waals surface area contributed by atoms with Gasteiger partial charge in [-0.2, -0.15) is 5.10 Å².